The van der Waals surface area contributed by atoms with Gasteiger partial charge in [-0.3, -0.25) is 9.59 Å². The predicted octanol–water partition coefficient (Wildman–Crippen LogP) is 4.87. The van der Waals surface area contributed by atoms with E-state index in [0.29, 0.717) is 28.2 Å². The first-order valence-electron chi connectivity index (χ1n) is 13.7. The van der Waals surface area contributed by atoms with Crippen molar-refractivity contribution in [2.45, 2.75) is 77.9 Å². The first-order valence-corrected chi connectivity index (χ1v) is 14.1. The second-order valence-corrected chi connectivity index (χ2v) is 11.3. The second kappa shape index (κ2) is 11.9. The lowest BCUT2D eigenvalue weighted by Gasteiger charge is -2.40. The van der Waals surface area contributed by atoms with Crippen LogP contribution in [0.15, 0.2) is 23.0 Å². The summed E-state index contributed by atoms with van der Waals surface area (Å²) in [5.41, 5.74) is 3.90. The van der Waals surface area contributed by atoms with Crippen LogP contribution in [0.2, 0.25) is 5.02 Å². The van der Waals surface area contributed by atoms with Crippen LogP contribution < -0.4 is 20.5 Å². The number of halogens is 1. The van der Waals surface area contributed by atoms with Gasteiger partial charge in [0, 0.05) is 59.8 Å². The molecule has 2 heterocycles. The number of benzene rings is 1. The van der Waals surface area contributed by atoms with Crippen LogP contribution in [0, 0.1) is 13.8 Å². The highest BCUT2D eigenvalue weighted by Crippen LogP contribution is 2.34. The van der Waals surface area contributed by atoms with Gasteiger partial charge in [-0.15, -0.1) is 0 Å². The van der Waals surface area contributed by atoms with Crippen LogP contribution in [0.5, 0.6) is 0 Å². The molecule has 2 fully saturated rings. The third kappa shape index (κ3) is 6.15. The third-order valence-electron chi connectivity index (χ3n) is 8.17. The molecule has 202 valence electrons. The Hall–Kier alpha value is -2.51. The van der Waals surface area contributed by atoms with Gasteiger partial charge in [0.2, 0.25) is 0 Å². The van der Waals surface area contributed by atoms with Crippen molar-refractivity contribution in [3.63, 3.8) is 0 Å². The van der Waals surface area contributed by atoms with Crippen LogP contribution in [0.4, 0.5) is 11.5 Å². The van der Waals surface area contributed by atoms with Crippen LogP contribution in [-0.4, -0.2) is 61.6 Å². The van der Waals surface area contributed by atoms with Crippen molar-refractivity contribution in [3.8, 4) is 0 Å². The van der Waals surface area contributed by atoms with Gasteiger partial charge >= 0.3 is 0 Å². The number of carbonyl (C=O) groups excluding carboxylic acids is 1. The quantitative estimate of drug-likeness (QED) is 0.512. The zero-order chi connectivity index (χ0) is 26.7. The zero-order valence-electron chi connectivity index (χ0n) is 23.0. The minimum Gasteiger partial charge on any atom is -0.369 e. The number of nitrogens with one attached hydrogen (secondary N) is 2. The van der Waals surface area contributed by atoms with E-state index in [1.54, 1.807) is 12.1 Å². The molecule has 37 heavy (non-hydrogen) atoms. The minimum atomic E-state index is -0.207. The summed E-state index contributed by atoms with van der Waals surface area (Å²) in [6.45, 7) is 8.93. The molecule has 1 aliphatic carbocycles. The van der Waals surface area contributed by atoms with Gasteiger partial charge in [-0.05, 0) is 91.1 Å². The minimum absolute atomic E-state index is 0.0487. The molecular weight excluding hydrogens is 486 g/mol. The third-order valence-corrected chi connectivity index (χ3v) is 8.39. The van der Waals surface area contributed by atoms with E-state index in [2.05, 4.69) is 46.0 Å². The number of nitrogens with zero attached hydrogens (tertiary/aromatic N) is 3. The van der Waals surface area contributed by atoms with Crippen molar-refractivity contribution in [2.75, 3.05) is 43.5 Å². The number of aromatic nitrogens is 1. The van der Waals surface area contributed by atoms with Crippen molar-refractivity contribution < 1.29 is 4.79 Å². The summed E-state index contributed by atoms with van der Waals surface area (Å²) >= 11 is 6.57. The first kappa shape index (κ1) is 27.5. The van der Waals surface area contributed by atoms with Crippen LogP contribution >= 0.6 is 11.6 Å². The molecule has 2 aromatic rings. The first-order chi connectivity index (χ1) is 17.7. The number of amides is 1. The summed E-state index contributed by atoms with van der Waals surface area (Å²) in [5.74, 6) is 0.623. The van der Waals surface area contributed by atoms with Crippen molar-refractivity contribution in [2.24, 2.45) is 0 Å². The topological polar surface area (TPSA) is 71.7 Å². The average Bonchev–Trinajstić information content (AvgIpc) is 3.40. The number of rotatable bonds is 8. The highest BCUT2D eigenvalue weighted by molar-refractivity contribution is 6.31. The molecule has 1 saturated carbocycles. The molecule has 1 aliphatic heterocycles. The maximum absolute atomic E-state index is 13.4. The van der Waals surface area contributed by atoms with Gasteiger partial charge in [0.05, 0.1) is 12.1 Å². The highest BCUT2D eigenvalue weighted by atomic mass is 35.5. The molecule has 1 aromatic carbocycles. The molecule has 8 heteroatoms. The van der Waals surface area contributed by atoms with E-state index in [1.165, 1.54) is 12.8 Å². The molecule has 7 nitrogen and oxygen atoms in total. The average molecular weight is 528 g/mol. The lowest BCUT2D eigenvalue weighted by Crippen LogP contribution is -2.42. The molecule has 1 saturated heterocycles. The van der Waals surface area contributed by atoms with E-state index in [9.17, 15) is 9.59 Å². The van der Waals surface area contributed by atoms with Gasteiger partial charge in [0.25, 0.3) is 5.91 Å². The number of aromatic amines is 1. The van der Waals surface area contributed by atoms with E-state index >= 15 is 0 Å². The van der Waals surface area contributed by atoms with Gasteiger partial charge in [-0.25, -0.2) is 0 Å². The summed E-state index contributed by atoms with van der Waals surface area (Å²) in [4.78, 5) is 36.6. The molecule has 0 radical (unpaired) electrons. The fourth-order valence-electron chi connectivity index (χ4n) is 6.05. The molecular formula is C29H42ClN5O2. The van der Waals surface area contributed by atoms with E-state index in [-0.39, 0.29) is 17.9 Å². The van der Waals surface area contributed by atoms with Crippen LogP contribution in [-0.2, 0) is 6.54 Å². The summed E-state index contributed by atoms with van der Waals surface area (Å²) in [7, 11) is 4.32. The Bertz CT molecular complexity index is 1160. The lowest BCUT2D eigenvalue weighted by molar-refractivity contribution is 0.0950. The maximum Gasteiger partial charge on any atom is 0.251 e. The van der Waals surface area contributed by atoms with Crippen molar-refractivity contribution in [3.05, 3.63) is 55.8 Å². The molecule has 0 bridgehead atoms. The van der Waals surface area contributed by atoms with Crippen molar-refractivity contribution in [1.82, 2.24) is 15.2 Å². The summed E-state index contributed by atoms with van der Waals surface area (Å²) < 4.78 is 0. The van der Waals surface area contributed by atoms with Gasteiger partial charge in [0.15, 0.2) is 5.43 Å². The number of H-pyrrole nitrogens is 1. The van der Waals surface area contributed by atoms with Crippen LogP contribution in [0.3, 0.4) is 0 Å². The Labute approximate surface area is 226 Å². The maximum atomic E-state index is 13.4. The fraction of sp³-hybridized carbons (Fsp3) is 0.586. The fourth-order valence-corrected chi connectivity index (χ4v) is 6.27. The zero-order valence-corrected chi connectivity index (χ0v) is 23.7. The molecule has 4 rings (SSSR count). The Kier molecular flexibility index (Phi) is 8.86. The Morgan fingerprint density at radius 1 is 1.08 bits per heavy atom. The largest absolute Gasteiger partial charge is 0.369 e. The number of anilines is 2. The molecule has 2 aliphatic rings. The molecule has 0 spiro atoms. The number of hydrogen-bond donors (Lipinski definition) is 2. The summed E-state index contributed by atoms with van der Waals surface area (Å²) in [6, 6.07) is 6.41. The lowest BCUT2D eigenvalue weighted by atomic mass is 9.89. The van der Waals surface area contributed by atoms with Crippen molar-refractivity contribution >= 4 is 29.0 Å². The Balaban J connectivity index is 1.55. The number of hydrogen-bond acceptors (Lipinski definition) is 5. The highest BCUT2D eigenvalue weighted by Gasteiger charge is 2.28. The van der Waals surface area contributed by atoms with Crippen LogP contribution in [0.25, 0.3) is 0 Å². The van der Waals surface area contributed by atoms with E-state index in [0.717, 1.165) is 68.1 Å². The number of aryl methyl sites for hydroxylation is 1. The number of pyridine rings is 1. The van der Waals surface area contributed by atoms with Gasteiger partial charge in [-0.1, -0.05) is 11.6 Å². The molecule has 1 aromatic heterocycles. The van der Waals surface area contributed by atoms with Crippen molar-refractivity contribution in [1.29, 1.82) is 0 Å². The predicted molar refractivity (Wildman–Crippen MR) is 153 cm³/mol. The molecule has 1 amide bonds. The van der Waals surface area contributed by atoms with E-state index in [1.807, 2.05) is 19.9 Å². The van der Waals surface area contributed by atoms with E-state index < -0.39 is 0 Å². The smallest absolute Gasteiger partial charge is 0.251 e. The molecule has 2 N–H and O–H groups in total. The van der Waals surface area contributed by atoms with E-state index in [4.69, 9.17) is 11.6 Å². The molecule has 0 unspecified atom stereocenters. The van der Waals surface area contributed by atoms with Gasteiger partial charge < -0.3 is 25.0 Å². The Morgan fingerprint density at radius 2 is 1.73 bits per heavy atom. The number of carbonyl (C=O) groups is 1. The standard InChI is InChI=1S/C29H42ClN5O2/c1-6-35(23-11-9-22(10-12-23)33(4)5)26-17-21(30)16-24(20(26)3)29(37)31-18-25-27(36)15-19(2)32-28(25)34-13-7-8-14-34/h15-17,22-23H,6-14,18H2,1-5H3,(H,31,37)(H,32,36)/t22-,23-. The Morgan fingerprint density at radius 3 is 2.35 bits per heavy atom. The van der Waals surface area contributed by atoms with Gasteiger partial charge in [-0.2, -0.15) is 0 Å². The van der Waals surface area contributed by atoms with Crippen LogP contribution in [0.1, 0.15) is 72.6 Å². The summed E-state index contributed by atoms with van der Waals surface area (Å²) in [6.07, 6.45) is 6.81. The normalized spacial score (nSPS) is 19.9. The monoisotopic (exact) mass is 527 g/mol. The summed E-state index contributed by atoms with van der Waals surface area (Å²) in [5, 5.41) is 3.57. The second-order valence-electron chi connectivity index (χ2n) is 10.8. The molecule has 0 atom stereocenters. The SMILES string of the molecule is CCN(c1cc(Cl)cc(C(=O)NCc2c(N3CCCC3)[nH]c(C)cc2=O)c1C)[C@H]1CC[C@H](N(C)C)CC1. The van der Waals surface area contributed by atoms with Gasteiger partial charge in [0.1, 0.15) is 5.82 Å².